The Balaban J connectivity index is 1.77. The van der Waals surface area contributed by atoms with Gasteiger partial charge in [0.2, 0.25) is 0 Å². The summed E-state index contributed by atoms with van der Waals surface area (Å²) >= 11 is 1.62. The van der Waals surface area contributed by atoms with Crippen LogP contribution in [0, 0.1) is 5.82 Å². The largest absolute Gasteiger partial charge is 0.468 e. The molecule has 1 aromatic carbocycles. The smallest absolute Gasteiger partial charge is 0.322 e. The molecule has 104 valence electrons. The molecule has 1 saturated carbocycles. The number of benzene rings is 1. The van der Waals surface area contributed by atoms with Crippen LogP contribution in [0.2, 0.25) is 0 Å². The molecule has 0 bridgehead atoms. The van der Waals surface area contributed by atoms with Gasteiger partial charge in [-0.05, 0) is 43.5 Å². The van der Waals surface area contributed by atoms with E-state index in [9.17, 15) is 9.18 Å². The monoisotopic (exact) mass is 283 g/mol. The molecule has 0 amide bonds. The van der Waals surface area contributed by atoms with Crippen LogP contribution >= 0.6 is 11.8 Å². The van der Waals surface area contributed by atoms with Crippen molar-refractivity contribution in [3.8, 4) is 0 Å². The van der Waals surface area contributed by atoms with Crippen molar-refractivity contribution >= 4 is 17.7 Å². The number of methoxy groups -OCH3 is 1. The first-order chi connectivity index (χ1) is 9.19. The molecular formula is C14H18FNO2S. The molecule has 1 fully saturated rings. The number of hydrogen-bond acceptors (Lipinski definition) is 4. The summed E-state index contributed by atoms with van der Waals surface area (Å²) in [6.45, 7) is 0. The maximum atomic E-state index is 12.8. The zero-order valence-electron chi connectivity index (χ0n) is 10.9. The average Bonchev–Trinajstić information content (AvgIpc) is 3.23. The molecule has 1 aromatic rings. The second kappa shape index (κ2) is 6.91. The van der Waals surface area contributed by atoms with Gasteiger partial charge >= 0.3 is 5.97 Å². The van der Waals surface area contributed by atoms with Crippen LogP contribution in [0.5, 0.6) is 0 Å². The molecule has 1 unspecified atom stereocenters. The summed E-state index contributed by atoms with van der Waals surface area (Å²) in [6, 6.07) is 6.64. The number of carbonyl (C=O) groups excluding carboxylic acids is 1. The summed E-state index contributed by atoms with van der Waals surface area (Å²) in [7, 11) is 1.41. The molecule has 19 heavy (non-hydrogen) atoms. The Hall–Kier alpha value is -1.07. The first kappa shape index (κ1) is 14.3. The quantitative estimate of drug-likeness (QED) is 0.616. The van der Waals surface area contributed by atoms with Crippen molar-refractivity contribution in [1.29, 1.82) is 0 Å². The zero-order chi connectivity index (χ0) is 13.7. The van der Waals surface area contributed by atoms with E-state index in [0.717, 1.165) is 23.5 Å². The number of halogens is 1. The van der Waals surface area contributed by atoms with Crippen LogP contribution in [0.25, 0.3) is 0 Å². The van der Waals surface area contributed by atoms with Gasteiger partial charge in [-0.3, -0.25) is 4.79 Å². The SMILES string of the molecule is COC(=O)C(CCSc1ccc(F)cc1)NC1CC1. The van der Waals surface area contributed by atoms with Crippen molar-refractivity contribution in [2.24, 2.45) is 0 Å². The van der Waals surface area contributed by atoms with Crippen molar-refractivity contribution < 1.29 is 13.9 Å². The van der Waals surface area contributed by atoms with E-state index in [1.165, 1.54) is 19.2 Å². The second-order valence-electron chi connectivity index (χ2n) is 4.61. The van der Waals surface area contributed by atoms with E-state index < -0.39 is 0 Å². The molecular weight excluding hydrogens is 265 g/mol. The summed E-state index contributed by atoms with van der Waals surface area (Å²) in [5, 5.41) is 3.29. The second-order valence-corrected chi connectivity index (χ2v) is 5.78. The van der Waals surface area contributed by atoms with Crippen LogP contribution in [-0.4, -0.2) is 30.9 Å². The van der Waals surface area contributed by atoms with Crippen LogP contribution in [0.4, 0.5) is 4.39 Å². The Morgan fingerprint density at radius 3 is 2.74 bits per heavy atom. The first-order valence-corrected chi connectivity index (χ1v) is 7.40. The van der Waals surface area contributed by atoms with Gasteiger partial charge in [0, 0.05) is 16.7 Å². The van der Waals surface area contributed by atoms with Crippen LogP contribution in [0.15, 0.2) is 29.2 Å². The third kappa shape index (κ3) is 4.84. The van der Waals surface area contributed by atoms with Crippen LogP contribution in [-0.2, 0) is 9.53 Å². The topological polar surface area (TPSA) is 38.3 Å². The fourth-order valence-electron chi connectivity index (χ4n) is 1.77. The number of rotatable bonds is 7. The minimum atomic E-state index is -0.231. The highest BCUT2D eigenvalue weighted by Gasteiger charge is 2.28. The summed E-state index contributed by atoms with van der Waals surface area (Å²) in [6.07, 6.45) is 2.99. The fourth-order valence-corrected chi connectivity index (χ4v) is 2.69. The average molecular weight is 283 g/mol. The third-order valence-electron chi connectivity index (χ3n) is 2.99. The van der Waals surface area contributed by atoms with E-state index in [0.29, 0.717) is 12.5 Å². The summed E-state index contributed by atoms with van der Waals surface area (Å²) in [4.78, 5) is 12.6. The highest BCUT2D eigenvalue weighted by atomic mass is 32.2. The third-order valence-corrected chi connectivity index (χ3v) is 4.03. The molecule has 5 heteroatoms. The maximum Gasteiger partial charge on any atom is 0.322 e. The van der Waals surface area contributed by atoms with E-state index in [1.54, 1.807) is 23.9 Å². The number of carbonyl (C=O) groups is 1. The molecule has 0 aliphatic heterocycles. The lowest BCUT2D eigenvalue weighted by Crippen LogP contribution is -2.39. The Labute approximate surface area is 116 Å². The molecule has 2 rings (SSSR count). The van der Waals surface area contributed by atoms with Crippen LogP contribution in [0.1, 0.15) is 19.3 Å². The van der Waals surface area contributed by atoms with Crippen molar-refractivity contribution in [3.05, 3.63) is 30.1 Å². The van der Waals surface area contributed by atoms with Gasteiger partial charge in [0.15, 0.2) is 0 Å². The molecule has 0 aromatic heterocycles. The molecule has 0 spiro atoms. The van der Waals surface area contributed by atoms with E-state index >= 15 is 0 Å². The summed E-state index contributed by atoms with van der Waals surface area (Å²) < 4.78 is 17.6. The van der Waals surface area contributed by atoms with E-state index in [4.69, 9.17) is 4.74 Å². The van der Waals surface area contributed by atoms with E-state index in [-0.39, 0.29) is 17.8 Å². The minimum absolute atomic E-state index is 0.202. The van der Waals surface area contributed by atoms with Crippen LogP contribution < -0.4 is 5.32 Å². The van der Waals surface area contributed by atoms with Crippen LogP contribution in [0.3, 0.4) is 0 Å². The predicted molar refractivity (Wildman–Crippen MR) is 73.7 cm³/mol. The van der Waals surface area contributed by atoms with E-state index in [2.05, 4.69) is 5.32 Å². The summed E-state index contributed by atoms with van der Waals surface area (Å²) in [5.41, 5.74) is 0. The Morgan fingerprint density at radius 1 is 1.47 bits per heavy atom. The lowest BCUT2D eigenvalue weighted by atomic mass is 10.2. The Morgan fingerprint density at radius 2 is 2.16 bits per heavy atom. The van der Waals surface area contributed by atoms with Crippen molar-refractivity contribution in [2.45, 2.75) is 36.2 Å². The number of thioether (sulfide) groups is 1. The van der Waals surface area contributed by atoms with Gasteiger partial charge in [0.05, 0.1) is 7.11 Å². The number of esters is 1. The standard InChI is InChI=1S/C14H18FNO2S/c1-18-14(17)13(16-11-4-5-11)8-9-19-12-6-2-10(15)3-7-12/h2-3,6-7,11,13,16H,4-5,8-9H2,1H3. The molecule has 3 nitrogen and oxygen atoms in total. The number of ether oxygens (including phenoxy) is 1. The van der Waals surface area contributed by atoms with Gasteiger partial charge < -0.3 is 10.1 Å². The number of nitrogens with one attached hydrogen (secondary N) is 1. The molecule has 1 N–H and O–H groups in total. The minimum Gasteiger partial charge on any atom is -0.468 e. The molecule has 0 radical (unpaired) electrons. The van der Waals surface area contributed by atoms with Gasteiger partial charge in [0.1, 0.15) is 11.9 Å². The van der Waals surface area contributed by atoms with Gasteiger partial charge in [-0.25, -0.2) is 4.39 Å². The van der Waals surface area contributed by atoms with Gasteiger partial charge in [-0.15, -0.1) is 11.8 Å². The maximum absolute atomic E-state index is 12.8. The lowest BCUT2D eigenvalue weighted by molar-refractivity contribution is -0.143. The fraction of sp³-hybridized carbons (Fsp3) is 0.500. The Bertz CT molecular complexity index is 420. The van der Waals surface area contributed by atoms with Gasteiger partial charge in [-0.1, -0.05) is 0 Å². The molecule has 1 aliphatic carbocycles. The molecule has 1 aliphatic rings. The van der Waals surface area contributed by atoms with Crippen molar-refractivity contribution in [1.82, 2.24) is 5.32 Å². The molecule has 0 heterocycles. The Kier molecular flexibility index (Phi) is 5.22. The van der Waals surface area contributed by atoms with Gasteiger partial charge in [0.25, 0.3) is 0 Å². The normalized spacial score (nSPS) is 16.1. The van der Waals surface area contributed by atoms with Crippen molar-refractivity contribution in [3.63, 3.8) is 0 Å². The van der Waals surface area contributed by atoms with Crippen molar-refractivity contribution in [2.75, 3.05) is 12.9 Å². The molecule has 0 saturated heterocycles. The highest BCUT2D eigenvalue weighted by Crippen LogP contribution is 2.23. The van der Waals surface area contributed by atoms with E-state index in [1.807, 2.05) is 0 Å². The molecule has 1 atom stereocenters. The zero-order valence-corrected chi connectivity index (χ0v) is 11.7. The highest BCUT2D eigenvalue weighted by molar-refractivity contribution is 7.99. The predicted octanol–water partition coefficient (Wildman–Crippen LogP) is 2.60. The first-order valence-electron chi connectivity index (χ1n) is 6.41. The summed E-state index contributed by atoms with van der Waals surface area (Å²) in [5.74, 6) is 0.365. The van der Waals surface area contributed by atoms with Gasteiger partial charge in [-0.2, -0.15) is 0 Å². The number of hydrogen-bond donors (Lipinski definition) is 1. The lowest BCUT2D eigenvalue weighted by Gasteiger charge is -2.15.